The number of nitro groups is 1. The Morgan fingerprint density at radius 3 is 2.66 bits per heavy atom. The Bertz CT molecular complexity index is 1080. The summed E-state index contributed by atoms with van der Waals surface area (Å²) >= 11 is 12.6. The van der Waals surface area contributed by atoms with Crippen molar-refractivity contribution in [1.29, 1.82) is 0 Å². The van der Waals surface area contributed by atoms with Crippen molar-refractivity contribution in [2.45, 2.75) is 24.8 Å². The number of thiocarbonyl (C=S) groups is 1. The number of amides is 2. The molecule has 2 amide bonds. The van der Waals surface area contributed by atoms with Gasteiger partial charge in [-0.1, -0.05) is 41.6 Å². The van der Waals surface area contributed by atoms with E-state index >= 15 is 0 Å². The molecule has 0 aromatic heterocycles. The lowest BCUT2D eigenvalue weighted by Crippen LogP contribution is -2.54. The van der Waals surface area contributed by atoms with E-state index in [1.807, 2.05) is 0 Å². The van der Waals surface area contributed by atoms with Crippen molar-refractivity contribution in [2.24, 2.45) is 5.10 Å². The van der Waals surface area contributed by atoms with Crippen LogP contribution in [0.2, 0.25) is 5.02 Å². The Morgan fingerprint density at radius 2 is 2.06 bits per heavy atom. The number of rotatable bonds is 5. The van der Waals surface area contributed by atoms with Crippen molar-refractivity contribution in [3.8, 4) is 0 Å². The van der Waals surface area contributed by atoms with E-state index in [1.54, 1.807) is 13.8 Å². The number of urea groups is 1. The number of carbonyl (C=O) groups excluding carboxylic acids is 1. The summed E-state index contributed by atoms with van der Waals surface area (Å²) in [5.74, 6) is -0.591. The van der Waals surface area contributed by atoms with Crippen LogP contribution in [-0.2, 0) is 0 Å². The maximum Gasteiger partial charge on any atom is 0.347 e. The Labute approximate surface area is 196 Å². The van der Waals surface area contributed by atoms with Crippen LogP contribution in [0.1, 0.15) is 19.4 Å². The molecule has 1 atom stereocenters. The van der Waals surface area contributed by atoms with E-state index in [4.69, 9.17) is 23.8 Å². The molecule has 2 aromatic rings. The summed E-state index contributed by atoms with van der Waals surface area (Å²) in [6, 6.07) is 8.37. The summed E-state index contributed by atoms with van der Waals surface area (Å²) < 4.78 is 13.6. The summed E-state index contributed by atoms with van der Waals surface area (Å²) in [6.45, 7) is 3.51. The highest BCUT2D eigenvalue weighted by Gasteiger charge is 2.50. The van der Waals surface area contributed by atoms with Crippen LogP contribution in [0.15, 0.2) is 47.6 Å². The van der Waals surface area contributed by atoms with Gasteiger partial charge in [0.05, 0.1) is 20.9 Å². The topological polar surface area (TPSA) is 111 Å². The Balaban J connectivity index is 1.83. The van der Waals surface area contributed by atoms with Gasteiger partial charge in [-0.15, -0.1) is 0 Å². The van der Waals surface area contributed by atoms with Crippen molar-refractivity contribution in [3.05, 3.63) is 69.0 Å². The molecule has 0 radical (unpaired) electrons. The van der Waals surface area contributed by atoms with Gasteiger partial charge in [-0.2, -0.15) is 10.2 Å². The number of hydrogen-bond acceptors (Lipinski definition) is 7. The van der Waals surface area contributed by atoms with Crippen molar-refractivity contribution in [3.63, 3.8) is 0 Å². The number of benzene rings is 2. The second-order valence-corrected chi connectivity index (χ2v) is 9.84. The van der Waals surface area contributed by atoms with E-state index in [9.17, 15) is 24.5 Å². The summed E-state index contributed by atoms with van der Waals surface area (Å²) in [5.41, 5.74) is 0.124. The molecule has 0 saturated carbocycles. The minimum absolute atomic E-state index is 0.0326. The Kier molecular flexibility index (Phi) is 6.98. The minimum Gasteiger partial charge on any atom is -0.306 e. The molecule has 0 unspecified atom stereocenters. The highest BCUT2D eigenvalue weighted by Crippen LogP contribution is 2.42. The van der Waals surface area contributed by atoms with Gasteiger partial charge in [0.25, 0.3) is 5.69 Å². The zero-order chi connectivity index (χ0) is 23.6. The zero-order valence-electron chi connectivity index (χ0n) is 16.7. The molecule has 1 heterocycles. The van der Waals surface area contributed by atoms with Crippen molar-refractivity contribution >= 4 is 63.5 Å². The fourth-order valence-corrected chi connectivity index (χ4v) is 4.94. The Morgan fingerprint density at radius 1 is 1.41 bits per heavy atom. The van der Waals surface area contributed by atoms with E-state index in [0.717, 1.165) is 0 Å². The molecule has 2 aromatic carbocycles. The third kappa shape index (κ3) is 4.99. The summed E-state index contributed by atoms with van der Waals surface area (Å²) in [5, 5.41) is 29.9. The van der Waals surface area contributed by atoms with Gasteiger partial charge in [0.15, 0.2) is 10.5 Å². The number of non-ortho nitro benzene ring substituents is 1. The third-order valence-corrected chi connectivity index (χ3v) is 6.34. The first-order valence-corrected chi connectivity index (χ1v) is 10.7. The van der Waals surface area contributed by atoms with Crippen LogP contribution in [0.5, 0.6) is 0 Å². The number of halogens is 2. The van der Waals surface area contributed by atoms with Crippen LogP contribution in [0.4, 0.5) is 20.6 Å². The van der Waals surface area contributed by atoms with E-state index in [0.29, 0.717) is 5.06 Å². The van der Waals surface area contributed by atoms with Crippen LogP contribution in [0, 0.1) is 15.9 Å². The average molecular weight is 498 g/mol. The second-order valence-electron chi connectivity index (χ2n) is 7.15. The molecule has 0 spiro atoms. The number of carbonyl (C=O) groups is 1. The van der Waals surface area contributed by atoms with Gasteiger partial charge in [-0.05, 0) is 38.1 Å². The number of anilines is 1. The molecule has 2 N–H and O–H groups in total. The number of nitrogens with zero attached hydrogens (tertiary/aromatic N) is 4. The summed E-state index contributed by atoms with van der Waals surface area (Å²) in [6.07, 6.45) is 0.126. The number of hydrazone groups is 1. The highest BCUT2D eigenvalue weighted by molar-refractivity contribution is 8.24. The van der Waals surface area contributed by atoms with E-state index in [2.05, 4.69) is 10.4 Å². The maximum absolute atomic E-state index is 14.1. The van der Waals surface area contributed by atoms with Gasteiger partial charge in [0.2, 0.25) is 0 Å². The van der Waals surface area contributed by atoms with Gasteiger partial charge >= 0.3 is 6.03 Å². The molecule has 0 aliphatic carbocycles. The first kappa shape index (κ1) is 23.9. The van der Waals surface area contributed by atoms with Crippen LogP contribution < -0.4 is 5.32 Å². The normalized spacial score (nSPS) is 17.6. The van der Waals surface area contributed by atoms with Crippen LogP contribution >= 0.6 is 35.6 Å². The largest absolute Gasteiger partial charge is 0.347 e. The number of thioether (sulfide) groups is 1. The van der Waals surface area contributed by atoms with Crippen LogP contribution in [0.3, 0.4) is 0 Å². The molecular weight excluding hydrogens is 481 g/mol. The fourth-order valence-electron chi connectivity index (χ4n) is 2.94. The lowest BCUT2D eigenvalue weighted by molar-refractivity contribution is -0.384. The SMILES string of the molecule is CC1(C)SC(=S)N(/N=C\c2c(F)cccc2Cl)[C@H]1N(O)C(=O)Nc1ccc([N+](=O)[O-])cc1. The number of nitrogens with one attached hydrogen (secondary N) is 1. The molecule has 0 bridgehead atoms. The zero-order valence-corrected chi connectivity index (χ0v) is 19.1. The molecule has 1 fully saturated rings. The van der Waals surface area contributed by atoms with Crippen molar-refractivity contribution in [2.75, 3.05) is 5.32 Å². The quantitative estimate of drug-likeness (QED) is 0.195. The molecule has 3 rings (SSSR count). The average Bonchev–Trinajstić information content (AvgIpc) is 2.95. The second kappa shape index (κ2) is 9.36. The van der Waals surface area contributed by atoms with Gasteiger partial charge in [-0.25, -0.2) is 14.2 Å². The van der Waals surface area contributed by atoms with Gasteiger partial charge < -0.3 is 5.32 Å². The van der Waals surface area contributed by atoms with Gasteiger partial charge in [0, 0.05) is 23.4 Å². The van der Waals surface area contributed by atoms with Crippen LogP contribution in [0.25, 0.3) is 0 Å². The molecule has 9 nitrogen and oxygen atoms in total. The van der Waals surface area contributed by atoms with E-state index < -0.39 is 27.7 Å². The van der Waals surface area contributed by atoms with E-state index in [-0.39, 0.29) is 26.3 Å². The van der Waals surface area contributed by atoms with Crippen molar-refractivity contribution < 1.29 is 19.3 Å². The molecular formula is C19H17ClFN5O4S2. The third-order valence-electron chi connectivity index (χ3n) is 4.47. The lowest BCUT2D eigenvalue weighted by atomic mass is 10.1. The molecule has 13 heteroatoms. The van der Waals surface area contributed by atoms with Gasteiger partial charge in [0.1, 0.15) is 5.82 Å². The first-order valence-electron chi connectivity index (χ1n) is 9.05. The number of hydroxylamine groups is 2. The number of hydrogen-bond donors (Lipinski definition) is 2. The Hall–Kier alpha value is -2.80. The summed E-state index contributed by atoms with van der Waals surface area (Å²) in [7, 11) is 0. The van der Waals surface area contributed by atoms with E-state index in [1.165, 1.54) is 65.4 Å². The monoisotopic (exact) mass is 497 g/mol. The van der Waals surface area contributed by atoms with Crippen LogP contribution in [-0.4, -0.2) is 47.7 Å². The van der Waals surface area contributed by atoms with Gasteiger partial charge in [-0.3, -0.25) is 15.3 Å². The molecule has 1 aliphatic heterocycles. The standard InChI is InChI=1S/C19H17ClFN5O4S2/c1-19(2)16(25(28)17(27)23-11-6-8-12(9-7-11)26(29)30)24(18(31)32-19)22-10-13-14(20)4-3-5-15(13)21/h3-10,16,28H,1-2H3,(H,23,27)/b22-10-/t16-/m0/s1. The fraction of sp³-hybridized carbons (Fsp3) is 0.211. The van der Waals surface area contributed by atoms with Crippen molar-refractivity contribution in [1.82, 2.24) is 10.1 Å². The smallest absolute Gasteiger partial charge is 0.306 e. The first-order chi connectivity index (χ1) is 15.0. The summed E-state index contributed by atoms with van der Waals surface area (Å²) in [4.78, 5) is 22.9. The maximum atomic E-state index is 14.1. The molecule has 1 saturated heterocycles. The molecule has 168 valence electrons. The highest BCUT2D eigenvalue weighted by atomic mass is 35.5. The minimum atomic E-state index is -1.04. The lowest BCUT2D eigenvalue weighted by Gasteiger charge is -2.34. The molecule has 32 heavy (non-hydrogen) atoms. The predicted molar refractivity (Wildman–Crippen MR) is 125 cm³/mol. The number of nitro benzene ring substituents is 1. The molecule has 1 aliphatic rings. The predicted octanol–water partition coefficient (Wildman–Crippen LogP) is 5.08.